The monoisotopic (exact) mass is 330 g/mol. The molecule has 3 nitrogen and oxygen atoms in total. The van der Waals surface area contributed by atoms with Crippen molar-refractivity contribution in [2.24, 2.45) is 0 Å². The van der Waals surface area contributed by atoms with Gasteiger partial charge in [0.15, 0.2) is 0 Å². The van der Waals surface area contributed by atoms with Gasteiger partial charge in [-0.2, -0.15) is 0 Å². The van der Waals surface area contributed by atoms with Crippen molar-refractivity contribution in [3.63, 3.8) is 0 Å². The maximum Gasteiger partial charge on any atom is 0.110 e. The molecule has 1 aliphatic carbocycles. The van der Waals surface area contributed by atoms with Gasteiger partial charge in [0.2, 0.25) is 0 Å². The lowest BCUT2D eigenvalue weighted by Gasteiger charge is -2.21. The highest BCUT2D eigenvalue weighted by atomic mass is 32.1. The molecule has 0 spiro atoms. The molecule has 2 N–H and O–H groups in total. The number of nitrogens with zero attached hydrogens (tertiary/aromatic N) is 1. The van der Waals surface area contributed by atoms with Gasteiger partial charge in [-0.15, -0.1) is 11.3 Å². The topological polar surface area (TPSA) is 45.1 Å². The molecule has 3 atom stereocenters. The number of thiazole rings is 1. The lowest BCUT2D eigenvalue weighted by atomic mass is 10.0. The maximum absolute atomic E-state index is 10.4. The van der Waals surface area contributed by atoms with Crippen LogP contribution in [0.4, 0.5) is 0 Å². The predicted molar refractivity (Wildman–Crippen MR) is 95.8 cm³/mol. The Labute approximate surface area is 142 Å². The summed E-state index contributed by atoms with van der Waals surface area (Å²) in [4.78, 5) is 6.32. The van der Waals surface area contributed by atoms with E-state index in [9.17, 15) is 5.11 Å². The average molecular weight is 330 g/mol. The molecular formula is C19H26N2OS. The molecule has 1 aromatic carbocycles. The summed E-state index contributed by atoms with van der Waals surface area (Å²) in [6.45, 7) is 4.31. The van der Waals surface area contributed by atoms with E-state index in [2.05, 4.69) is 19.2 Å². The van der Waals surface area contributed by atoms with Crippen LogP contribution in [0.25, 0.3) is 0 Å². The van der Waals surface area contributed by atoms with Gasteiger partial charge in [-0.1, -0.05) is 30.3 Å². The SMILES string of the molecule is CC(CC(O)c1ccccc1)NC(C)c1nc2c(s1)CCCC2. The fourth-order valence-electron chi connectivity index (χ4n) is 3.27. The van der Waals surface area contributed by atoms with E-state index in [-0.39, 0.29) is 12.1 Å². The molecule has 0 saturated carbocycles. The van der Waals surface area contributed by atoms with Gasteiger partial charge < -0.3 is 10.4 Å². The van der Waals surface area contributed by atoms with Crippen LogP contribution in [0.3, 0.4) is 0 Å². The third kappa shape index (κ3) is 4.19. The molecule has 0 saturated heterocycles. The van der Waals surface area contributed by atoms with Gasteiger partial charge in [0, 0.05) is 10.9 Å². The summed E-state index contributed by atoms with van der Waals surface area (Å²) in [6, 6.07) is 10.4. The summed E-state index contributed by atoms with van der Waals surface area (Å²) < 4.78 is 0. The number of aryl methyl sites for hydroxylation is 2. The van der Waals surface area contributed by atoms with Crippen molar-refractivity contribution in [2.75, 3.05) is 0 Å². The molecule has 1 aromatic heterocycles. The maximum atomic E-state index is 10.4. The largest absolute Gasteiger partial charge is 0.388 e. The van der Waals surface area contributed by atoms with E-state index in [0.29, 0.717) is 6.42 Å². The Kier molecular flexibility index (Phi) is 5.46. The molecule has 2 aromatic rings. The van der Waals surface area contributed by atoms with E-state index in [1.807, 2.05) is 41.7 Å². The fourth-order valence-corrected chi connectivity index (χ4v) is 4.43. The molecule has 124 valence electrons. The molecule has 1 heterocycles. The third-order valence-corrected chi connectivity index (χ3v) is 5.87. The molecule has 23 heavy (non-hydrogen) atoms. The van der Waals surface area contributed by atoms with Crippen LogP contribution in [-0.2, 0) is 12.8 Å². The Morgan fingerprint density at radius 2 is 1.91 bits per heavy atom. The highest BCUT2D eigenvalue weighted by molar-refractivity contribution is 7.11. The fraction of sp³-hybridized carbons (Fsp3) is 0.526. The molecule has 3 rings (SSSR count). The second-order valence-corrected chi connectivity index (χ2v) is 7.70. The van der Waals surface area contributed by atoms with E-state index in [1.165, 1.54) is 34.8 Å². The van der Waals surface area contributed by atoms with E-state index in [1.54, 1.807) is 0 Å². The van der Waals surface area contributed by atoms with Crippen LogP contribution in [-0.4, -0.2) is 16.1 Å². The summed E-state index contributed by atoms with van der Waals surface area (Å²) in [5.74, 6) is 0. The number of benzene rings is 1. The van der Waals surface area contributed by atoms with Gasteiger partial charge in [0.05, 0.1) is 17.8 Å². The molecule has 0 bridgehead atoms. The average Bonchev–Trinajstić information content (AvgIpc) is 2.99. The van der Waals surface area contributed by atoms with Crippen molar-refractivity contribution >= 4 is 11.3 Å². The van der Waals surface area contributed by atoms with Crippen LogP contribution in [0.5, 0.6) is 0 Å². The van der Waals surface area contributed by atoms with Crippen LogP contribution >= 0.6 is 11.3 Å². The van der Waals surface area contributed by atoms with E-state index < -0.39 is 6.10 Å². The number of aromatic nitrogens is 1. The van der Waals surface area contributed by atoms with Gasteiger partial charge >= 0.3 is 0 Å². The lowest BCUT2D eigenvalue weighted by molar-refractivity contribution is 0.152. The van der Waals surface area contributed by atoms with Gasteiger partial charge in [0.1, 0.15) is 5.01 Å². The normalized spacial score (nSPS) is 18.2. The van der Waals surface area contributed by atoms with Crippen molar-refractivity contribution in [1.82, 2.24) is 10.3 Å². The number of aliphatic hydroxyl groups is 1. The summed E-state index contributed by atoms with van der Waals surface area (Å²) >= 11 is 1.86. The predicted octanol–water partition coefficient (Wildman–Crippen LogP) is 4.18. The number of hydrogen-bond acceptors (Lipinski definition) is 4. The van der Waals surface area contributed by atoms with E-state index in [0.717, 1.165) is 12.0 Å². The molecule has 0 fully saturated rings. The summed E-state index contributed by atoms with van der Waals surface area (Å²) in [6.07, 6.45) is 5.20. The zero-order valence-electron chi connectivity index (χ0n) is 14.0. The minimum atomic E-state index is -0.421. The van der Waals surface area contributed by atoms with Crippen molar-refractivity contribution in [1.29, 1.82) is 0 Å². The quantitative estimate of drug-likeness (QED) is 0.835. The van der Waals surface area contributed by atoms with Gasteiger partial charge in [-0.05, 0) is 51.5 Å². The highest BCUT2D eigenvalue weighted by Gasteiger charge is 2.20. The number of rotatable bonds is 6. The van der Waals surface area contributed by atoms with E-state index in [4.69, 9.17) is 4.98 Å². The molecule has 0 amide bonds. The number of hydrogen-bond donors (Lipinski definition) is 2. The molecule has 0 radical (unpaired) electrons. The first kappa shape index (κ1) is 16.6. The molecule has 1 aliphatic rings. The van der Waals surface area contributed by atoms with Crippen LogP contribution in [0.2, 0.25) is 0 Å². The zero-order valence-corrected chi connectivity index (χ0v) is 14.8. The van der Waals surface area contributed by atoms with Crippen molar-refractivity contribution in [2.45, 2.75) is 64.1 Å². The summed E-state index contributed by atoms with van der Waals surface area (Å²) in [5.41, 5.74) is 2.31. The third-order valence-electron chi connectivity index (χ3n) is 4.53. The minimum Gasteiger partial charge on any atom is -0.388 e. The Hall–Kier alpha value is -1.23. The number of aliphatic hydroxyl groups excluding tert-OH is 1. The first-order chi connectivity index (χ1) is 11.1. The Morgan fingerprint density at radius 1 is 1.17 bits per heavy atom. The first-order valence-electron chi connectivity index (χ1n) is 8.61. The number of fused-ring (bicyclic) bond motifs is 1. The second kappa shape index (κ2) is 7.56. The summed E-state index contributed by atoms with van der Waals surface area (Å²) in [7, 11) is 0. The minimum absolute atomic E-state index is 0.237. The summed E-state index contributed by atoms with van der Waals surface area (Å²) in [5, 5.41) is 15.1. The van der Waals surface area contributed by atoms with Gasteiger partial charge in [-0.25, -0.2) is 4.98 Å². The van der Waals surface area contributed by atoms with Crippen molar-refractivity contribution in [3.05, 3.63) is 51.5 Å². The Morgan fingerprint density at radius 3 is 2.65 bits per heavy atom. The lowest BCUT2D eigenvalue weighted by Crippen LogP contribution is -2.30. The molecule has 0 aliphatic heterocycles. The van der Waals surface area contributed by atoms with Crippen LogP contribution in [0.15, 0.2) is 30.3 Å². The highest BCUT2D eigenvalue weighted by Crippen LogP contribution is 2.30. The van der Waals surface area contributed by atoms with Crippen molar-refractivity contribution in [3.8, 4) is 0 Å². The van der Waals surface area contributed by atoms with Crippen LogP contribution < -0.4 is 5.32 Å². The van der Waals surface area contributed by atoms with E-state index >= 15 is 0 Å². The second-order valence-electron chi connectivity index (χ2n) is 6.58. The van der Waals surface area contributed by atoms with Crippen LogP contribution in [0, 0.1) is 0 Å². The van der Waals surface area contributed by atoms with Gasteiger partial charge in [-0.3, -0.25) is 0 Å². The molecular weight excluding hydrogens is 304 g/mol. The molecule has 3 unspecified atom stereocenters. The standard InChI is InChI=1S/C19H26N2OS/c1-13(12-17(22)15-8-4-3-5-9-15)20-14(2)19-21-16-10-6-7-11-18(16)23-19/h3-5,8-9,13-14,17,20,22H,6-7,10-12H2,1-2H3. The first-order valence-corrected chi connectivity index (χ1v) is 9.42. The number of nitrogens with one attached hydrogen (secondary N) is 1. The zero-order chi connectivity index (χ0) is 16.2. The van der Waals surface area contributed by atoms with Crippen LogP contribution in [0.1, 0.15) is 66.4 Å². The smallest absolute Gasteiger partial charge is 0.110 e. The van der Waals surface area contributed by atoms with Crippen molar-refractivity contribution < 1.29 is 5.11 Å². The Balaban J connectivity index is 1.56. The molecule has 4 heteroatoms. The van der Waals surface area contributed by atoms with Gasteiger partial charge in [0.25, 0.3) is 0 Å². The Bertz CT molecular complexity index is 602.